The van der Waals surface area contributed by atoms with Crippen molar-refractivity contribution in [3.05, 3.63) is 65.5 Å². The number of hydrogen-bond acceptors (Lipinski definition) is 4. The second-order valence-corrected chi connectivity index (χ2v) is 6.28. The van der Waals surface area contributed by atoms with Gasteiger partial charge in [0.05, 0.1) is 30.5 Å². The van der Waals surface area contributed by atoms with Gasteiger partial charge in [0.2, 0.25) is 0 Å². The molecule has 1 heterocycles. The van der Waals surface area contributed by atoms with Crippen LogP contribution in [-0.4, -0.2) is 43.8 Å². The maximum absolute atomic E-state index is 13.3. The van der Waals surface area contributed by atoms with E-state index < -0.39 is 11.8 Å². The first-order valence-electron chi connectivity index (χ1n) is 8.78. The van der Waals surface area contributed by atoms with Crippen LogP contribution in [0.1, 0.15) is 17.2 Å². The molecule has 3 rings (SSSR count). The molecule has 0 bridgehead atoms. The third kappa shape index (κ3) is 5.26. The van der Waals surface area contributed by atoms with Gasteiger partial charge in [-0.3, -0.25) is 4.90 Å². The van der Waals surface area contributed by atoms with Crippen molar-refractivity contribution >= 4 is 11.7 Å². The molecule has 0 aromatic heterocycles. The summed E-state index contributed by atoms with van der Waals surface area (Å²) in [6.45, 7) is 3.62. The average Bonchev–Trinajstić information content (AvgIpc) is 2.70. The molecule has 0 radical (unpaired) electrons. The number of nitrogens with zero attached hydrogens (tertiary/aromatic N) is 2. The van der Waals surface area contributed by atoms with Crippen LogP contribution in [0.5, 0.6) is 0 Å². The number of urea groups is 1. The molecule has 2 amide bonds. The molecule has 1 aliphatic rings. The molecule has 1 aliphatic heterocycles. The van der Waals surface area contributed by atoms with Gasteiger partial charge in [-0.25, -0.2) is 9.18 Å². The molecule has 7 heteroatoms. The van der Waals surface area contributed by atoms with E-state index in [2.05, 4.69) is 15.5 Å². The Morgan fingerprint density at radius 1 is 1.22 bits per heavy atom. The van der Waals surface area contributed by atoms with E-state index in [1.807, 2.05) is 36.4 Å². The van der Waals surface area contributed by atoms with E-state index in [4.69, 9.17) is 10.00 Å². The van der Waals surface area contributed by atoms with Crippen LogP contribution in [-0.2, 0) is 4.74 Å². The zero-order chi connectivity index (χ0) is 19.1. The second-order valence-electron chi connectivity index (χ2n) is 6.28. The Morgan fingerprint density at radius 2 is 1.96 bits per heavy atom. The quantitative estimate of drug-likeness (QED) is 0.851. The number of ether oxygens (including phenoxy) is 1. The number of nitrogens with one attached hydrogen (secondary N) is 2. The highest BCUT2D eigenvalue weighted by Gasteiger charge is 2.20. The van der Waals surface area contributed by atoms with Crippen molar-refractivity contribution in [3.8, 4) is 6.07 Å². The molecule has 27 heavy (non-hydrogen) atoms. The van der Waals surface area contributed by atoms with Crippen molar-refractivity contribution in [3.63, 3.8) is 0 Å². The van der Waals surface area contributed by atoms with Gasteiger partial charge in [0.1, 0.15) is 11.9 Å². The number of hydrogen-bond donors (Lipinski definition) is 2. The van der Waals surface area contributed by atoms with Gasteiger partial charge < -0.3 is 15.4 Å². The summed E-state index contributed by atoms with van der Waals surface area (Å²) < 4.78 is 18.6. The van der Waals surface area contributed by atoms with Crippen LogP contribution >= 0.6 is 0 Å². The van der Waals surface area contributed by atoms with Gasteiger partial charge in [0.25, 0.3) is 0 Å². The second kappa shape index (κ2) is 9.12. The number of amides is 2. The molecule has 1 saturated heterocycles. The maximum atomic E-state index is 13.3. The van der Waals surface area contributed by atoms with Gasteiger partial charge in [-0.1, -0.05) is 30.3 Å². The van der Waals surface area contributed by atoms with E-state index in [0.29, 0.717) is 19.8 Å². The molecule has 1 atom stereocenters. The number of rotatable bonds is 5. The van der Waals surface area contributed by atoms with Gasteiger partial charge in [0, 0.05) is 19.6 Å². The molecule has 6 nitrogen and oxygen atoms in total. The molecule has 0 saturated carbocycles. The van der Waals surface area contributed by atoms with Gasteiger partial charge in [-0.15, -0.1) is 0 Å². The fraction of sp³-hybridized carbons (Fsp3) is 0.300. The summed E-state index contributed by atoms with van der Waals surface area (Å²) in [5.74, 6) is -0.521. The van der Waals surface area contributed by atoms with Crippen molar-refractivity contribution in [2.75, 3.05) is 38.2 Å². The number of carbonyl (C=O) groups excluding carboxylic acids is 1. The normalized spacial score (nSPS) is 15.6. The molecular formula is C20H21FN4O2. The molecule has 140 valence electrons. The number of benzene rings is 2. The first-order valence-corrected chi connectivity index (χ1v) is 8.78. The molecule has 2 aromatic rings. The topological polar surface area (TPSA) is 77.4 Å². The number of morpholine rings is 1. The maximum Gasteiger partial charge on any atom is 0.319 e. The van der Waals surface area contributed by atoms with Crippen LogP contribution in [0.4, 0.5) is 14.9 Å². The third-order valence-corrected chi connectivity index (χ3v) is 4.40. The van der Waals surface area contributed by atoms with E-state index in [1.165, 1.54) is 12.1 Å². The Balaban J connectivity index is 1.71. The highest BCUT2D eigenvalue weighted by molar-refractivity contribution is 5.91. The van der Waals surface area contributed by atoms with Gasteiger partial charge in [0.15, 0.2) is 0 Å². The van der Waals surface area contributed by atoms with Crippen LogP contribution in [0, 0.1) is 17.1 Å². The summed E-state index contributed by atoms with van der Waals surface area (Å²) in [6.07, 6.45) is 0. The molecular weight excluding hydrogens is 347 g/mol. The van der Waals surface area contributed by atoms with Crippen LogP contribution < -0.4 is 10.6 Å². The van der Waals surface area contributed by atoms with Crippen LogP contribution in [0.2, 0.25) is 0 Å². The minimum Gasteiger partial charge on any atom is -0.379 e. The van der Waals surface area contributed by atoms with Crippen LogP contribution in [0.15, 0.2) is 48.5 Å². The first-order chi connectivity index (χ1) is 13.2. The zero-order valence-corrected chi connectivity index (χ0v) is 14.8. The predicted molar refractivity (Wildman–Crippen MR) is 99.7 cm³/mol. The molecule has 0 aliphatic carbocycles. The van der Waals surface area contributed by atoms with Gasteiger partial charge in [-0.05, 0) is 23.8 Å². The van der Waals surface area contributed by atoms with Crippen molar-refractivity contribution in [1.29, 1.82) is 5.26 Å². The smallest absolute Gasteiger partial charge is 0.319 e. The molecule has 1 fully saturated rings. The Hall–Kier alpha value is -2.95. The van der Waals surface area contributed by atoms with Crippen molar-refractivity contribution in [2.45, 2.75) is 6.04 Å². The Bertz CT molecular complexity index is 816. The summed E-state index contributed by atoms with van der Waals surface area (Å²) in [6, 6.07) is 14.6. The highest BCUT2D eigenvalue weighted by Crippen LogP contribution is 2.18. The van der Waals surface area contributed by atoms with E-state index in [9.17, 15) is 9.18 Å². The van der Waals surface area contributed by atoms with E-state index in [0.717, 1.165) is 24.7 Å². The minimum absolute atomic E-state index is 0.0783. The molecule has 2 N–H and O–H groups in total. The fourth-order valence-corrected chi connectivity index (χ4v) is 3.00. The monoisotopic (exact) mass is 368 g/mol. The zero-order valence-electron chi connectivity index (χ0n) is 14.8. The number of halogens is 1. The highest BCUT2D eigenvalue weighted by atomic mass is 19.1. The first kappa shape index (κ1) is 18.8. The summed E-state index contributed by atoms with van der Waals surface area (Å²) >= 11 is 0. The Labute approximate surface area is 157 Å². The lowest BCUT2D eigenvalue weighted by Gasteiger charge is -2.31. The van der Waals surface area contributed by atoms with E-state index >= 15 is 0 Å². The van der Waals surface area contributed by atoms with E-state index in [1.54, 1.807) is 0 Å². The third-order valence-electron chi connectivity index (χ3n) is 4.40. The lowest BCUT2D eigenvalue weighted by atomic mass is 10.1. The predicted octanol–water partition coefficient (Wildman–Crippen LogP) is 2.89. The fourth-order valence-electron chi connectivity index (χ4n) is 3.00. The minimum atomic E-state index is -0.521. The van der Waals surface area contributed by atoms with Crippen molar-refractivity contribution < 1.29 is 13.9 Å². The lowest BCUT2D eigenvalue weighted by molar-refractivity contribution is 0.0340. The SMILES string of the molecule is N#Cc1cc(F)ccc1NC(=O)NC(CN1CCOCC1)c1ccccc1. The van der Waals surface area contributed by atoms with Crippen molar-refractivity contribution in [1.82, 2.24) is 10.2 Å². The summed E-state index contributed by atoms with van der Waals surface area (Å²) in [5, 5.41) is 14.7. The molecule has 0 spiro atoms. The number of nitriles is 1. The summed E-state index contributed by atoms with van der Waals surface area (Å²) in [4.78, 5) is 14.8. The van der Waals surface area contributed by atoms with Gasteiger partial charge in [-0.2, -0.15) is 5.26 Å². The largest absolute Gasteiger partial charge is 0.379 e. The Kier molecular flexibility index (Phi) is 6.36. The van der Waals surface area contributed by atoms with E-state index in [-0.39, 0.29) is 17.3 Å². The van der Waals surface area contributed by atoms with Gasteiger partial charge >= 0.3 is 6.03 Å². The van der Waals surface area contributed by atoms with Crippen LogP contribution in [0.25, 0.3) is 0 Å². The average molecular weight is 368 g/mol. The molecule has 2 aromatic carbocycles. The molecule has 1 unspecified atom stereocenters. The summed E-state index contributed by atoms with van der Waals surface area (Å²) in [7, 11) is 0. The lowest BCUT2D eigenvalue weighted by Crippen LogP contribution is -2.44. The van der Waals surface area contributed by atoms with Crippen LogP contribution in [0.3, 0.4) is 0 Å². The van der Waals surface area contributed by atoms with Crippen molar-refractivity contribution in [2.24, 2.45) is 0 Å². The standard InChI is InChI=1S/C20H21FN4O2/c21-17-6-7-18(16(12-17)13-22)23-20(26)24-19(15-4-2-1-3-5-15)14-25-8-10-27-11-9-25/h1-7,12,19H,8-11,14H2,(H2,23,24,26). The summed E-state index contributed by atoms with van der Waals surface area (Å²) in [5.41, 5.74) is 1.34. The Morgan fingerprint density at radius 3 is 2.67 bits per heavy atom. The number of carbonyl (C=O) groups is 1. The number of anilines is 1.